The Labute approximate surface area is 170 Å². The van der Waals surface area contributed by atoms with Gasteiger partial charge in [-0.25, -0.2) is 4.98 Å². The van der Waals surface area contributed by atoms with Gasteiger partial charge in [-0.05, 0) is 30.3 Å². The molecule has 1 amide bonds. The summed E-state index contributed by atoms with van der Waals surface area (Å²) in [6, 6.07) is 12.6. The van der Waals surface area contributed by atoms with Crippen LogP contribution in [0.2, 0.25) is 0 Å². The summed E-state index contributed by atoms with van der Waals surface area (Å²) in [6.45, 7) is 0. The Morgan fingerprint density at radius 1 is 1.03 bits per heavy atom. The van der Waals surface area contributed by atoms with Crippen molar-refractivity contribution >= 4 is 33.3 Å². The maximum Gasteiger partial charge on any atom is 0.293 e. The van der Waals surface area contributed by atoms with Crippen LogP contribution in [0, 0.1) is 0 Å². The van der Waals surface area contributed by atoms with Crippen LogP contribution >= 0.6 is 11.3 Å². The van der Waals surface area contributed by atoms with Crippen LogP contribution in [0.4, 0.5) is 5.13 Å². The monoisotopic (exact) mass is 410 g/mol. The number of hydrogen-bond acceptors (Lipinski definition) is 7. The lowest BCUT2D eigenvalue weighted by molar-refractivity contribution is 0.0998. The molecule has 8 heteroatoms. The highest BCUT2D eigenvalue weighted by Crippen LogP contribution is 2.35. The van der Waals surface area contributed by atoms with Crippen molar-refractivity contribution in [2.45, 2.75) is 0 Å². The number of thiazole rings is 1. The summed E-state index contributed by atoms with van der Waals surface area (Å²) in [5.74, 6) is 1.72. The summed E-state index contributed by atoms with van der Waals surface area (Å²) in [6.07, 6.45) is 0. The molecule has 0 bridgehead atoms. The smallest absolute Gasteiger partial charge is 0.293 e. The van der Waals surface area contributed by atoms with Gasteiger partial charge in [0.05, 0.1) is 27.0 Å². The number of ether oxygens (including phenoxy) is 3. The molecule has 0 aliphatic heterocycles. The molecule has 0 spiro atoms. The molecular formula is C21H18N2O5S. The summed E-state index contributed by atoms with van der Waals surface area (Å²) in [5, 5.41) is 5.85. The van der Waals surface area contributed by atoms with Gasteiger partial charge in [0.1, 0.15) is 11.5 Å². The number of benzene rings is 2. The van der Waals surface area contributed by atoms with Gasteiger partial charge in [-0.1, -0.05) is 12.1 Å². The molecule has 4 aromatic rings. The Kier molecular flexibility index (Phi) is 5.09. The molecule has 2 heterocycles. The van der Waals surface area contributed by atoms with E-state index in [1.807, 2.05) is 35.7 Å². The molecule has 0 aliphatic rings. The highest BCUT2D eigenvalue weighted by atomic mass is 32.1. The third-order valence-corrected chi connectivity index (χ3v) is 5.12. The second-order valence-electron chi connectivity index (χ2n) is 6.05. The van der Waals surface area contributed by atoms with E-state index in [1.54, 1.807) is 33.5 Å². The number of nitrogens with one attached hydrogen (secondary N) is 1. The predicted molar refractivity (Wildman–Crippen MR) is 111 cm³/mol. The van der Waals surface area contributed by atoms with Gasteiger partial charge in [-0.3, -0.25) is 10.1 Å². The molecule has 0 saturated carbocycles. The third-order valence-electron chi connectivity index (χ3n) is 4.36. The minimum Gasteiger partial charge on any atom is -0.497 e. The van der Waals surface area contributed by atoms with Crippen molar-refractivity contribution in [1.82, 2.24) is 4.98 Å². The van der Waals surface area contributed by atoms with Gasteiger partial charge in [0.25, 0.3) is 5.91 Å². The molecule has 4 rings (SSSR count). The number of anilines is 1. The summed E-state index contributed by atoms with van der Waals surface area (Å²) >= 11 is 1.31. The summed E-state index contributed by atoms with van der Waals surface area (Å²) in [4.78, 5) is 17.1. The summed E-state index contributed by atoms with van der Waals surface area (Å²) in [5.41, 5.74) is 1.98. The Morgan fingerprint density at radius 2 is 1.86 bits per heavy atom. The molecule has 0 atom stereocenters. The topological polar surface area (TPSA) is 82.8 Å². The number of amides is 1. The number of furan rings is 1. The number of carbonyl (C=O) groups excluding carboxylic acids is 1. The van der Waals surface area contributed by atoms with Crippen molar-refractivity contribution in [1.29, 1.82) is 0 Å². The molecule has 0 saturated heterocycles. The Bertz CT molecular complexity index is 1180. The van der Waals surface area contributed by atoms with Crippen molar-refractivity contribution in [3.05, 3.63) is 53.6 Å². The predicted octanol–water partition coefficient (Wildman–Crippen LogP) is 4.83. The average Bonchev–Trinajstić information content (AvgIpc) is 3.40. The standard InChI is InChI=1S/C21H18N2O5S/c1-25-13-7-8-16(26-2)14(10-13)15-11-29-21(22-15)23-20(24)18-9-12-5-4-6-17(27-3)19(12)28-18/h4-11H,1-3H3,(H,22,23,24). The highest BCUT2D eigenvalue weighted by molar-refractivity contribution is 7.14. The first-order valence-electron chi connectivity index (χ1n) is 8.68. The van der Waals surface area contributed by atoms with Gasteiger partial charge >= 0.3 is 0 Å². The molecule has 2 aromatic carbocycles. The van der Waals surface area contributed by atoms with Gasteiger partial charge < -0.3 is 18.6 Å². The van der Waals surface area contributed by atoms with Gasteiger partial charge in [0, 0.05) is 16.3 Å². The number of methoxy groups -OCH3 is 3. The first kappa shape index (κ1) is 18.8. The van der Waals surface area contributed by atoms with E-state index < -0.39 is 0 Å². The number of carbonyl (C=O) groups is 1. The highest BCUT2D eigenvalue weighted by Gasteiger charge is 2.17. The maximum absolute atomic E-state index is 12.6. The second kappa shape index (κ2) is 7.84. The largest absolute Gasteiger partial charge is 0.497 e. The first-order valence-corrected chi connectivity index (χ1v) is 9.56. The number of aromatic nitrogens is 1. The van der Waals surface area contributed by atoms with E-state index in [9.17, 15) is 4.79 Å². The van der Waals surface area contributed by atoms with E-state index in [0.29, 0.717) is 33.7 Å². The number of para-hydroxylation sites is 1. The van der Waals surface area contributed by atoms with E-state index in [4.69, 9.17) is 18.6 Å². The van der Waals surface area contributed by atoms with Crippen molar-refractivity contribution in [3.8, 4) is 28.5 Å². The number of hydrogen-bond donors (Lipinski definition) is 1. The number of fused-ring (bicyclic) bond motifs is 1. The van der Waals surface area contributed by atoms with Gasteiger partial charge in [-0.15, -0.1) is 11.3 Å². The van der Waals surface area contributed by atoms with Crippen molar-refractivity contribution in [2.75, 3.05) is 26.6 Å². The van der Waals surface area contributed by atoms with Crippen LogP contribution in [-0.4, -0.2) is 32.2 Å². The fourth-order valence-electron chi connectivity index (χ4n) is 2.94. The summed E-state index contributed by atoms with van der Waals surface area (Å²) in [7, 11) is 4.75. The van der Waals surface area contributed by atoms with Gasteiger partial charge in [0.2, 0.25) is 0 Å². The zero-order chi connectivity index (χ0) is 20.4. The van der Waals surface area contributed by atoms with Crippen LogP contribution in [0.15, 0.2) is 52.3 Å². The molecule has 29 heavy (non-hydrogen) atoms. The fraction of sp³-hybridized carbons (Fsp3) is 0.143. The molecule has 2 aromatic heterocycles. The van der Waals surface area contributed by atoms with Crippen molar-refractivity contribution in [2.24, 2.45) is 0 Å². The van der Waals surface area contributed by atoms with E-state index in [2.05, 4.69) is 10.3 Å². The van der Waals surface area contributed by atoms with Crippen molar-refractivity contribution < 1.29 is 23.4 Å². The second-order valence-corrected chi connectivity index (χ2v) is 6.91. The SMILES string of the molecule is COc1ccc(OC)c(-c2csc(NC(=O)c3cc4cccc(OC)c4o3)n2)c1. The molecule has 1 N–H and O–H groups in total. The first-order chi connectivity index (χ1) is 14.1. The Balaban J connectivity index is 1.59. The molecule has 0 fully saturated rings. The minimum atomic E-state index is -0.387. The van der Waals surface area contributed by atoms with Crippen LogP contribution in [-0.2, 0) is 0 Å². The van der Waals surface area contributed by atoms with Crippen LogP contribution in [0.25, 0.3) is 22.2 Å². The number of rotatable bonds is 6. The maximum atomic E-state index is 12.6. The molecule has 7 nitrogen and oxygen atoms in total. The third kappa shape index (κ3) is 3.62. The zero-order valence-electron chi connectivity index (χ0n) is 16.0. The van der Waals surface area contributed by atoms with E-state index in [1.165, 1.54) is 11.3 Å². The van der Waals surface area contributed by atoms with Gasteiger partial charge in [-0.2, -0.15) is 0 Å². The molecule has 0 aliphatic carbocycles. The summed E-state index contributed by atoms with van der Waals surface area (Å²) < 4.78 is 21.6. The van der Waals surface area contributed by atoms with E-state index in [-0.39, 0.29) is 11.7 Å². The van der Waals surface area contributed by atoms with Crippen LogP contribution in [0.1, 0.15) is 10.6 Å². The van der Waals surface area contributed by atoms with E-state index >= 15 is 0 Å². The lowest BCUT2D eigenvalue weighted by atomic mass is 10.1. The quantitative estimate of drug-likeness (QED) is 0.490. The van der Waals surface area contributed by atoms with E-state index in [0.717, 1.165) is 10.9 Å². The molecule has 0 radical (unpaired) electrons. The normalized spacial score (nSPS) is 10.7. The number of nitrogens with zero attached hydrogens (tertiary/aromatic N) is 1. The van der Waals surface area contributed by atoms with Crippen LogP contribution in [0.5, 0.6) is 17.2 Å². The minimum absolute atomic E-state index is 0.181. The average molecular weight is 410 g/mol. The van der Waals surface area contributed by atoms with Crippen molar-refractivity contribution in [3.63, 3.8) is 0 Å². The molecule has 148 valence electrons. The fourth-order valence-corrected chi connectivity index (χ4v) is 3.64. The molecular weight excluding hydrogens is 392 g/mol. The van der Waals surface area contributed by atoms with Gasteiger partial charge in [0.15, 0.2) is 22.2 Å². The molecule has 0 unspecified atom stereocenters. The van der Waals surface area contributed by atoms with Crippen LogP contribution in [0.3, 0.4) is 0 Å². The lowest BCUT2D eigenvalue weighted by Crippen LogP contribution is -2.10. The zero-order valence-corrected chi connectivity index (χ0v) is 16.8. The lowest BCUT2D eigenvalue weighted by Gasteiger charge is -2.08. The Hall–Kier alpha value is -3.52. The Morgan fingerprint density at radius 3 is 2.62 bits per heavy atom. The van der Waals surface area contributed by atoms with Crippen LogP contribution < -0.4 is 19.5 Å².